The molecule has 0 aromatic carbocycles. The first kappa shape index (κ1) is 9.02. The maximum Gasteiger partial charge on any atom is 0.0132 e. The van der Waals surface area contributed by atoms with E-state index in [1.54, 1.807) is 0 Å². The van der Waals surface area contributed by atoms with Crippen molar-refractivity contribution in [3.63, 3.8) is 0 Å². The van der Waals surface area contributed by atoms with E-state index in [0.717, 1.165) is 19.3 Å². The van der Waals surface area contributed by atoms with Gasteiger partial charge in [-0.3, -0.25) is 0 Å². The Bertz CT molecular complexity index is 52.4. The predicted molar refractivity (Wildman–Crippen MR) is 25.0 cm³/mol. The smallest absolute Gasteiger partial charge is 0.0132 e. The van der Waals surface area contributed by atoms with E-state index in [2.05, 4.69) is 0 Å². The Hall–Kier alpha value is 1.02. The predicted octanol–water partition coefficient (Wildman–Crippen LogP) is 1.05. The summed E-state index contributed by atoms with van der Waals surface area (Å²) in [6.07, 6.45) is 3.11. The molecule has 0 unspecified atom stereocenters. The minimum absolute atomic E-state index is 0. The zero-order valence-electron chi connectivity index (χ0n) is 4.76. The second-order valence-corrected chi connectivity index (χ2v) is 1.70. The van der Waals surface area contributed by atoms with Crippen molar-refractivity contribution >= 4 is 0 Å². The summed E-state index contributed by atoms with van der Waals surface area (Å²) in [6.45, 7) is 0.700. The summed E-state index contributed by atoms with van der Waals surface area (Å²) in [7, 11) is 0. The molecule has 1 aliphatic heterocycles. The van der Waals surface area contributed by atoms with Crippen LogP contribution in [0.25, 0.3) is 0 Å². The molecule has 1 aliphatic rings. The van der Waals surface area contributed by atoms with Crippen LogP contribution in [0.1, 0.15) is 19.3 Å². The molecule has 1 heterocycles. The normalized spacial score (nSPS) is 22.1. The Labute approximate surface area is 74.5 Å². The van der Waals surface area contributed by atoms with Gasteiger partial charge in [-0.25, -0.2) is 0 Å². The van der Waals surface area contributed by atoms with E-state index in [1.165, 1.54) is 0 Å². The summed E-state index contributed by atoms with van der Waals surface area (Å²) in [5.74, 6) is 0. The van der Waals surface area contributed by atoms with Gasteiger partial charge in [0.15, 0.2) is 0 Å². The van der Waals surface area contributed by atoms with E-state index < -0.39 is 0 Å². The first-order valence-corrected chi connectivity index (χ1v) is 2.57. The van der Waals surface area contributed by atoms with Crippen molar-refractivity contribution in [2.24, 2.45) is 0 Å². The molecular formula is C5H9O2Y-. The van der Waals surface area contributed by atoms with Crippen molar-refractivity contribution in [1.29, 1.82) is 0 Å². The molecule has 8 heavy (non-hydrogen) atoms. The summed E-state index contributed by atoms with van der Waals surface area (Å²) < 4.78 is 4.75. The van der Waals surface area contributed by atoms with Crippen molar-refractivity contribution in [3.8, 4) is 0 Å². The van der Waals surface area contributed by atoms with Crippen molar-refractivity contribution in [1.82, 2.24) is 0 Å². The van der Waals surface area contributed by atoms with Gasteiger partial charge in [0, 0.05) is 39.3 Å². The fourth-order valence-corrected chi connectivity index (χ4v) is 0.640. The molecule has 1 saturated heterocycles. The summed E-state index contributed by atoms with van der Waals surface area (Å²) in [6, 6.07) is 0. The molecule has 0 bridgehead atoms. The summed E-state index contributed by atoms with van der Waals surface area (Å²) in [5.41, 5.74) is 0. The van der Waals surface area contributed by atoms with Gasteiger partial charge in [0.2, 0.25) is 0 Å². The van der Waals surface area contributed by atoms with Crippen LogP contribution in [0.15, 0.2) is 0 Å². The van der Waals surface area contributed by atoms with E-state index in [0.29, 0.717) is 6.61 Å². The summed E-state index contributed by atoms with van der Waals surface area (Å²) in [4.78, 5) is 0. The molecule has 0 aromatic rings. The van der Waals surface area contributed by atoms with Crippen LogP contribution in [0.5, 0.6) is 0 Å². The van der Waals surface area contributed by atoms with Gasteiger partial charge >= 0.3 is 0 Å². The van der Waals surface area contributed by atoms with E-state index in [1.807, 2.05) is 0 Å². The Balaban J connectivity index is 0.000000490. The van der Waals surface area contributed by atoms with Crippen LogP contribution in [0.4, 0.5) is 0 Å². The average molecular weight is 190 g/mol. The maximum absolute atomic E-state index is 8.60. The number of aliphatic hydroxyl groups excluding tert-OH is 1. The number of hydrogen-bond acceptors (Lipinski definition) is 2. The third kappa shape index (κ3) is 3.13. The minimum Gasteiger partial charge on any atom is -0.536 e. The molecule has 45 valence electrons. The largest absolute Gasteiger partial charge is 0.536 e. The fourth-order valence-electron chi connectivity index (χ4n) is 0.640. The average Bonchev–Trinajstić information content (AvgIpc) is 1.69. The minimum atomic E-state index is 0. The van der Waals surface area contributed by atoms with Crippen molar-refractivity contribution in [3.05, 3.63) is 6.29 Å². The topological polar surface area (TPSA) is 29.5 Å². The van der Waals surface area contributed by atoms with Gasteiger partial charge in [-0.15, -0.1) is 6.42 Å². The van der Waals surface area contributed by atoms with Gasteiger partial charge in [-0.05, 0) is 6.42 Å². The first-order valence-electron chi connectivity index (χ1n) is 2.57. The SMILES string of the molecule is O[C-]1CCCCO1.[Y]. The third-order valence-electron chi connectivity index (χ3n) is 1.05. The quantitative estimate of drug-likeness (QED) is 0.578. The van der Waals surface area contributed by atoms with Crippen molar-refractivity contribution < 1.29 is 42.6 Å². The third-order valence-corrected chi connectivity index (χ3v) is 1.05. The fraction of sp³-hybridized carbons (Fsp3) is 0.800. The Morgan fingerprint density at radius 3 is 2.38 bits per heavy atom. The Kier molecular flexibility index (Phi) is 5.48. The van der Waals surface area contributed by atoms with Crippen LogP contribution in [-0.4, -0.2) is 11.7 Å². The second kappa shape index (κ2) is 4.86. The van der Waals surface area contributed by atoms with Gasteiger partial charge in [-0.1, -0.05) is 12.7 Å². The van der Waals surface area contributed by atoms with E-state index >= 15 is 0 Å². The zero-order valence-corrected chi connectivity index (χ0v) is 7.60. The number of aliphatic hydroxyl groups is 1. The molecular weight excluding hydrogens is 181 g/mol. The van der Waals surface area contributed by atoms with Gasteiger partial charge in [0.1, 0.15) is 0 Å². The molecule has 0 amide bonds. The maximum atomic E-state index is 8.60. The molecule has 1 rings (SSSR count). The summed E-state index contributed by atoms with van der Waals surface area (Å²) >= 11 is 0. The molecule has 1 fully saturated rings. The number of rotatable bonds is 0. The first-order chi connectivity index (χ1) is 3.39. The Morgan fingerprint density at radius 2 is 2.12 bits per heavy atom. The van der Waals surface area contributed by atoms with Gasteiger partial charge in [0.05, 0.1) is 0 Å². The molecule has 0 aromatic heterocycles. The standard InChI is InChI=1S/C5H9O2.Y/c6-5-3-1-2-4-7-5;/h6H,1-4H2;/q-1;. The molecule has 1 N–H and O–H groups in total. The van der Waals surface area contributed by atoms with Gasteiger partial charge in [0.25, 0.3) is 0 Å². The van der Waals surface area contributed by atoms with Gasteiger partial charge in [-0.2, -0.15) is 0 Å². The van der Waals surface area contributed by atoms with Crippen LogP contribution in [0.2, 0.25) is 0 Å². The zero-order chi connectivity index (χ0) is 5.11. The monoisotopic (exact) mass is 190 g/mol. The van der Waals surface area contributed by atoms with Crippen LogP contribution >= 0.6 is 0 Å². The summed E-state index contributed by atoms with van der Waals surface area (Å²) in [5, 5.41) is 8.60. The second-order valence-electron chi connectivity index (χ2n) is 1.70. The molecule has 3 heteroatoms. The number of hydrogen-bond donors (Lipinski definition) is 1. The van der Waals surface area contributed by atoms with Crippen molar-refractivity contribution in [2.75, 3.05) is 6.61 Å². The van der Waals surface area contributed by atoms with E-state index in [9.17, 15) is 0 Å². The molecule has 2 nitrogen and oxygen atoms in total. The van der Waals surface area contributed by atoms with E-state index in [4.69, 9.17) is 9.84 Å². The van der Waals surface area contributed by atoms with Crippen molar-refractivity contribution in [2.45, 2.75) is 19.3 Å². The van der Waals surface area contributed by atoms with Crippen LogP contribution in [0, 0.1) is 6.29 Å². The molecule has 0 atom stereocenters. The molecule has 0 aliphatic carbocycles. The van der Waals surface area contributed by atoms with Gasteiger partial charge < -0.3 is 9.84 Å². The van der Waals surface area contributed by atoms with Crippen LogP contribution in [-0.2, 0) is 37.4 Å². The number of ether oxygens (including phenoxy) is 1. The van der Waals surface area contributed by atoms with Crippen LogP contribution in [0.3, 0.4) is 0 Å². The van der Waals surface area contributed by atoms with E-state index in [-0.39, 0.29) is 39.0 Å². The molecule has 0 spiro atoms. The Morgan fingerprint density at radius 1 is 1.38 bits per heavy atom. The molecule has 1 radical (unpaired) electrons. The van der Waals surface area contributed by atoms with Crippen LogP contribution < -0.4 is 0 Å². The molecule has 0 saturated carbocycles.